The summed E-state index contributed by atoms with van der Waals surface area (Å²) in [6, 6.07) is 7.67. The molecule has 1 aliphatic rings. The summed E-state index contributed by atoms with van der Waals surface area (Å²) in [7, 11) is 0. The number of urea groups is 1. The third kappa shape index (κ3) is 4.91. The number of anilines is 1. The first-order valence-corrected chi connectivity index (χ1v) is 6.93. The van der Waals surface area contributed by atoms with Crippen LogP contribution in [0.1, 0.15) is 24.8 Å². The molecule has 2 N–H and O–H groups in total. The molecule has 1 aromatic carbocycles. The van der Waals surface area contributed by atoms with Gasteiger partial charge in [-0.3, -0.25) is 0 Å². The van der Waals surface area contributed by atoms with Crippen molar-refractivity contribution in [2.24, 2.45) is 5.92 Å². The second-order valence-electron chi connectivity index (χ2n) is 5.09. The minimum atomic E-state index is -0.127. The maximum atomic E-state index is 11.7. The van der Waals surface area contributed by atoms with Crippen LogP contribution >= 0.6 is 0 Å². The number of carbonyl (C=O) groups is 1. The van der Waals surface area contributed by atoms with Crippen molar-refractivity contribution in [2.75, 3.05) is 25.1 Å². The van der Waals surface area contributed by atoms with Crippen LogP contribution in [0.3, 0.4) is 0 Å². The molecule has 2 amide bonds. The molecule has 4 nitrogen and oxygen atoms in total. The molecule has 0 unspecified atom stereocenters. The van der Waals surface area contributed by atoms with Gasteiger partial charge in [-0.1, -0.05) is 12.1 Å². The van der Waals surface area contributed by atoms with Gasteiger partial charge in [0.2, 0.25) is 0 Å². The number of amides is 2. The van der Waals surface area contributed by atoms with Gasteiger partial charge in [-0.25, -0.2) is 4.79 Å². The van der Waals surface area contributed by atoms with Gasteiger partial charge in [0, 0.05) is 25.4 Å². The van der Waals surface area contributed by atoms with Crippen molar-refractivity contribution in [3.05, 3.63) is 29.8 Å². The Labute approximate surface area is 114 Å². The van der Waals surface area contributed by atoms with E-state index in [0.29, 0.717) is 5.92 Å². The van der Waals surface area contributed by atoms with Gasteiger partial charge in [-0.15, -0.1) is 0 Å². The fourth-order valence-electron chi connectivity index (χ4n) is 2.32. The SMILES string of the molecule is Cc1cccc(NC(=O)NCCC2CCOCC2)c1. The van der Waals surface area contributed by atoms with Gasteiger partial charge in [0.1, 0.15) is 0 Å². The number of hydrogen-bond donors (Lipinski definition) is 2. The van der Waals surface area contributed by atoms with E-state index in [4.69, 9.17) is 4.74 Å². The zero-order chi connectivity index (χ0) is 13.5. The predicted octanol–water partition coefficient (Wildman–Crippen LogP) is 2.93. The highest BCUT2D eigenvalue weighted by atomic mass is 16.5. The summed E-state index contributed by atoms with van der Waals surface area (Å²) >= 11 is 0. The molecule has 0 aliphatic carbocycles. The summed E-state index contributed by atoms with van der Waals surface area (Å²) in [4.78, 5) is 11.7. The van der Waals surface area contributed by atoms with Crippen LogP contribution in [0.25, 0.3) is 0 Å². The van der Waals surface area contributed by atoms with Gasteiger partial charge in [0.15, 0.2) is 0 Å². The molecular formula is C15H22N2O2. The van der Waals surface area contributed by atoms with Gasteiger partial charge < -0.3 is 15.4 Å². The first-order valence-electron chi connectivity index (χ1n) is 6.93. The van der Waals surface area contributed by atoms with Crippen molar-refractivity contribution in [3.63, 3.8) is 0 Å². The Hall–Kier alpha value is -1.55. The summed E-state index contributed by atoms with van der Waals surface area (Å²) in [5, 5.41) is 5.75. The van der Waals surface area contributed by atoms with Crippen LogP contribution in [-0.2, 0) is 4.74 Å². The highest BCUT2D eigenvalue weighted by Crippen LogP contribution is 2.17. The average molecular weight is 262 g/mol. The minimum absolute atomic E-state index is 0.127. The Morgan fingerprint density at radius 3 is 2.89 bits per heavy atom. The Kier molecular flexibility index (Phi) is 5.21. The molecule has 0 atom stereocenters. The average Bonchev–Trinajstić information content (AvgIpc) is 2.40. The molecule has 1 saturated heterocycles. The molecule has 2 rings (SSSR count). The van der Waals surface area contributed by atoms with E-state index in [9.17, 15) is 4.79 Å². The maximum Gasteiger partial charge on any atom is 0.319 e. The predicted molar refractivity (Wildman–Crippen MR) is 76.4 cm³/mol. The van der Waals surface area contributed by atoms with Crippen LogP contribution in [0.4, 0.5) is 10.5 Å². The van der Waals surface area contributed by atoms with Gasteiger partial charge in [-0.2, -0.15) is 0 Å². The fourth-order valence-corrected chi connectivity index (χ4v) is 2.32. The first kappa shape index (κ1) is 13.9. The standard InChI is InChI=1S/C15H22N2O2/c1-12-3-2-4-14(11-12)17-15(18)16-8-5-13-6-9-19-10-7-13/h2-4,11,13H,5-10H2,1H3,(H2,16,17,18). The van der Waals surface area contributed by atoms with Gasteiger partial charge in [0.05, 0.1) is 0 Å². The topological polar surface area (TPSA) is 50.4 Å². The van der Waals surface area contributed by atoms with Gasteiger partial charge >= 0.3 is 6.03 Å². The molecule has 4 heteroatoms. The second-order valence-corrected chi connectivity index (χ2v) is 5.09. The molecule has 19 heavy (non-hydrogen) atoms. The molecule has 1 aromatic rings. The quantitative estimate of drug-likeness (QED) is 0.876. The van der Waals surface area contributed by atoms with Gasteiger partial charge in [-0.05, 0) is 49.8 Å². The normalized spacial score (nSPS) is 16.1. The third-order valence-corrected chi connectivity index (χ3v) is 3.45. The number of ether oxygens (including phenoxy) is 1. The summed E-state index contributed by atoms with van der Waals surface area (Å²) in [6.07, 6.45) is 3.26. The zero-order valence-corrected chi connectivity index (χ0v) is 11.4. The van der Waals surface area contributed by atoms with E-state index in [0.717, 1.165) is 50.3 Å². The number of rotatable bonds is 4. The molecule has 1 fully saturated rings. The fraction of sp³-hybridized carbons (Fsp3) is 0.533. The molecule has 0 saturated carbocycles. The van der Waals surface area contributed by atoms with Crippen molar-refractivity contribution in [3.8, 4) is 0 Å². The lowest BCUT2D eigenvalue weighted by Crippen LogP contribution is -2.31. The van der Waals surface area contributed by atoms with E-state index in [2.05, 4.69) is 10.6 Å². The lowest BCUT2D eigenvalue weighted by atomic mass is 9.97. The van der Waals surface area contributed by atoms with Crippen molar-refractivity contribution >= 4 is 11.7 Å². The Morgan fingerprint density at radius 1 is 1.37 bits per heavy atom. The number of hydrogen-bond acceptors (Lipinski definition) is 2. The zero-order valence-electron chi connectivity index (χ0n) is 11.4. The lowest BCUT2D eigenvalue weighted by Gasteiger charge is -2.21. The Balaban J connectivity index is 1.67. The van der Waals surface area contributed by atoms with E-state index < -0.39 is 0 Å². The molecule has 0 radical (unpaired) electrons. The smallest absolute Gasteiger partial charge is 0.319 e. The van der Waals surface area contributed by atoms with Crippen molar-refractivity contribution in [1.82, 2.24) is 5.32 Å². The highest BCUT2D eigenvalue weighted by molar-refractivity contribution is 5.89. The Morgan fingerprint density at radius 2 is 2.16 bits per heavy atom. The second kappa shape index (κ2) is 7.14. The number of aryl methyl sites for hydroxylation is 1. The largest absolute Gasteiger partial charge is 0.381 e. The van der Waals surface area contributed by atoms with E-state index in [1.807, 2.05) is 31.2 Å². The number of nitrogens with one attached hydrogen (secondary N) is 2. The van der Waals surface area contributed by atoms with Crippen molar-refractivity contribution in [1.29, 1.82) is 0 Å². The molecule has 0 aromatic heterocycles. The van der Waals surface area contributed by atoms with Gasteiger partial charge in [0.25, 0.3) is 0 Å². The van der Waals surface area contributed by atoms with Crippen LogP contribution in [0.15, 0.2) is 24.3 Å². The molecular weight excluding hydrogens is 240 g/mol. The lowest BCUT2D eigenvalue weighted by molar-refractivity contribution is 0.0642. The Bertz CT molecular complexity index is 414. The monoisotopic (exact) mass is 262 g/mol. The van der Waals surface area contributed by atoms with Crippen LogP contribution in [0, 0.1) is 12.8 Å². The van der Waals surface area contributed by atoms with Crippen molar-refractivity contribution in [2.45, 2.75) is 26.2 Å². The number of carbonyl (C=O) groups excluding carboxylic acids is 1. The minimum Gasteiger partial charge on any atom is -0.381 e. The van der Waals surface area contributed by atoms with E-state index in [1.54, 1.807) is 0 Å². The van der Waals surface area contributed by atoms with E-state index >= 15 is 0 Å². The summed E-state index contributed by atoms with van der Waals surface area (Å²) in [6.45, 7) is 4.46. The third-order valence-electron chi connectivity index (χ3n) is 3.45. The van der Waals surface area contributed by atoms with Crippen LogP contribution in [-0.4, -0.2) is 25.8 Å². The van der Waals surface area contributed by atoms with Crippen LogP contribution < -0.4 is 10.6 Å². The molecule has 104 valence electrons. The van der Waals surface area contributed by atoms with Crippen molar-refractivity contribution < 1.29 is 9.53 Å². The maximum absolute atomic E-state index is 11.7. The van der Waals surface area contributed by atoms with Crippen LogP contribution in [0.5, 0.6) is 0 Å². The molecule has 0 bridgehead atoms. The molecule has 1 heterocycles. The summed E-state index contributed by atoms with van der Waals surface area (Å²) in [5.41, 5.74) is 1.98. The van der Waals surface area contributed by atoms with E-state index in [-0.39, 0.29) is 6.03 Å². The summed E-state index contributed by atoms with van der Waals surface area (Å²) < 4.78 is 5.32. The molecule has 0 spiro atoms. The number of benzene rings is 1. The van der Waals surface area contributed by atoms with E-state index in [1.165, 1.54) is 0 Å². The van der Waals surface area contributed by atoms with Crippen LogP contribution in [0.2, 0.25) is 0 Å². The molecule has 1 aliphatic heterocycles. The first-order chi connectivity index (χ1) is 9.24. The summed E-state index contributed by atoms with van der Waals surface area (Å²) in [5.74, 6) is 0.688. The highest BCUT2D eigenvalue weighted by Gasteiger charge is 2.13.